The highest BCUT2D eigenvalue weighted by Crippen LogP contribution is 1.98. The van der Waals surface area contributed by atoms with Crippen LogP contribution in [0, 0.1) is 22.7 Å². The summed E-state index contributed by atoms with van der Waals surface area (Å²) in [6, 6.07) is 2.93. The molecule has 0 aromatic rings. The molecule has 11 heavy (non-hydrogen) atoms. The van der Waals surface area contributed by atoms with E-state index in [1.807, 2.05) is 12.1 Å². The van der Waals surface area contributed by atoms with Crippen LogP contribution in [-0.2, 0) is 0 Å². The number of nitrogens with one attached hydrogen (secondary N) is 2. The Hall–Kier alpha value is -1.75. The van der Waals surface area contributed by atoms with Crippen molar-refractivity contribution in [3.05, 3.63) is 0 Å². The molecule has 0 spiro atoms. The van der Waals surface area contributed by atoms with Gasteiger partial charge in [0.25, 0.3) is 0 Å². The molecule has 5 heteroatoms. The van der Waals surface area contributed by atoms with Crippen LogP contribution < -0.4 is 10.6 Å². The minimum absolute atomic E-state index is 0.487. The van der Waals surface area contributed by atoms with Gasteiger partial charge in [-0.1, -0.05) is 0 Å². The van der Waals surface area contributed by atoms with Crippen molar-refractivity contribution in [3.8, 4) is 12.1 Å². The fourth-order valence-electron chi connectivity index (χ4n) is 0.846. The lowest BCUT2D eigenvalue weighted by molar-refractivity contribution is 0.703. The summed E-state index contributed by atoms with van der Waals surface area (Å²) in [6.45, 7) is 0. The van der Waals surface area contributed by atoms with E-state index in [1.54, 1.807) is 7.05 Å². The molecule has 5 nitrogen and oxygen atoms in total. The maximum Gasteiger partial charge on any atom is 0.193 e. The van der Waals surface area contributed by atoms with Crippen molar-refractivity contribution in [1.29, 1.82) is 10.5 Å². The number of aliphatic imine (C=N–C) groups is 1. The Kier molecular flexibility index (Phi) is 1.93. The minimum Gasteiger partial charge on any atom is -0.338 e. The number of hydrogen-bond acceptors (Lipinski definition) is 3. The molecule has 1 rings (SSSR count). The number of nitrogens with zero attached hydrogens (tertiary/aromatic N) is 3. The van der Waals surface area contributed by atoms with E-state index in [1.165, 1.54) is 0 Å². The van der Waals surface area contributed by atoms with Gasteiger partial charge in [0.05, 0.1) is 12.1 Å². The highest BCUT2D eigenvalue weighted by Gasteiger charge is 2.29. The first-order valence-corrected chi connectivity index (χ1v) is 3.11. The van der Waals surface area contributed by atoms with Crippen LogP contribution in [0.25, 0.3) is 0 Å². The lowest BCUT2D eigenvalue weighted by Crippen LogP contribution is -2.30. The fraction of sp³-hybridized carbons (Fsp3) is 0.500. The molecule has 0 aromatic heterocycles. The predicted octanol–water partition coefficient (Wildman–Crippen LogP) is -1.05. The van der Waals surface area contributed by atoms with Crippen molar-refractivity contribution in [1.82, 2.24) is 10.6 Å². The molecule has 1 fully saturated rings. The molecule has 2 N–H and O–H groups in total. The summed E-state index contributed by atoms with van der Waals surface area (Å²) in [6.07, 6.45) is 0. The van der Waals surface area contributed by atoms with Crippen molar-refractivity contribution >= 4 is 5.96 Å². The van der Waals surface area contributed by atoms with Gasteiger partial charge in [-0.2, -0.15) is 10.5 Å². The van der Waals surface area contributed by atoms with E-state index in [9.17, 15) is 0 Å². The van der Waals surface area contributed by atoms with Gasteiger partial charge in [-0.05, 0) is 0 Å². The largest absolute Gasteiger partial charge is 0.338 e. The molecule has 2 unspecified atom stereocenters. The van der Waals surface area contributed by atoms with Crippen molar-refractivity contribution in [3.63, 3.8) is 0 Å². The fourth-order valence-corrected chi connectivity index (χ4v) is 0.846. The van der Waals surface area contributed by atoms with Crippen LogP contribution in [0.3, 0.4) is 0 Å². The third-order valence-electron chi connectivity index (χ3n) is 1.42. The van der Waals surface area contributed by atoms with Crippen LogP contribution in [0.15, 0.2) is 4.99 Å². The van der Waals surface area contributed by atoms with Crippen LogP contribution in [0.1, 0.15) is 0 Å². The summed E-state index contributed by atoms with van der Waals surface area (Å²) in [5.41, 5.74) is 0. The van der Waals surface area contributed by atoms with E-state index in [4.69, 9.17) is 10.5 Å². The Morgan fingerprint density at radius 1 is 1.27 bits per heavy atom. The molecule has 0 aromatic carbocycles. The normalized spacial score (nSPS) is 27.7. The molecule has 0 saturated carbocycles. The van der Waals surface area contributed by atoms with Gasteiger partial charge in [0.2, 0.25) is 0 Å². The smallest absolute Gasteiger partial charge is 0.193 e. The van der Waals surface area contributed by atoms with Gasteiger partial charge in [-0.25, -0.2) is 0 Å². The van der Waals surface area contributed by atoms with Crippen molar-refractivity contribution in [2.45, 2.75) is 12.1 Å². The van der Waals surface area contributed by atoms with E-state index in [-0.39, 0.29) is 0 Å². The summed E-state index contributed by atoms with van der Waals surface area (Å²) in [5.74, 6) is 0.503. The summed E-state index contributed by atoms with van der Waals surface area (Å²) in [7, 11) is 1.59. The molecule has 1 aliphatic rings. The Morgan fingerprint density at radius 2 is 1.73 bits per heavy atom. The lowest BCUT2D eigenvalue weighted by atomic mass is 10.2. The Morgan fingerprint density at radius 3 is 2.00 bits per heavy atom. The monoisotopic (exact) mass is 149 g/mol. The van der Waals surface area contributed by atoms with E-state index < -0.39 is 12.1 Å². The zero-order chi connectivity index (χ0) is 8.27. The number of rotatable bonds is 0. The number of nitriles is 2. The van der Waals surface area contributed by atoms with Crippen LogP contribution in [0.4, 0.5) is 0 Å². The van der Waals surface area contributed by atoms with Gasteiger partial charge in [0, 0.05) is 7.05 Å². The molecule has 56 valence electrons. The van der Waals surface area contributed by atoms with Crippen molar-refractivity contribution in [2.24, 2.45) is 4.99 Å². The predicted molar refractivity (Wildman–Crippen MR) is 38.4 cm³/mol. The summed E-state index contributed by atoms with van der Waals surface area (Å²) < 4.78 is 0. The molecule has 2 atom stereocenters. The maximum absolute atomic E-state index is 8.52. The van der Waals surface area contributed by atoms with Crippen molar-refractivity contribution in [2.75, 3.05) is 7.05 Å². The first kappa shape index (κ1) is 7.36. The molecular formula is C6H7N5. The van der Waals surface area contributed by atoms with Crippen molar-refractivity contribution < 1.29 is 0 Å². The molecule has 0 bridgehead atoms. The van der Waals surface area contributed by atoms with Crippen LogP contribution in [0.5, 0.6) is 0 Å². The minimum atomic E-state index is -0.487. The summed E-state index contributed by atoms with van der Waals surface area (Å²) in [4.78, 5) is 3.78. The molecular weight excluding hydrogens is 142 g/mol. The van der Waals surface area contributed by atoms with Crippen LogP contribution in [0.2, 0.25) is 0 Å². The SMILES string of the molecule is CN=C1NC(C#N)C(C#N)N1. The van der Waals surface area contributed by atoms with Gasteiger partial charge in [-0.3, -0.25) is 4.99 Å². The van der Waals surface area contributed by atoms with E-state index >= 15 is 0 Å². The Bertz CT molecular complexity index is 231. The third-order valence-corrected chi connectivity index (χ3v) is 1.42. The lowest BCUT2D eigenvalue weighted by Gasteiger charge is -1.98. The third kappa shape index (κ3) is 1.22. The second-order valence-electron chi connectivity index (χ2n) is 2.07. The second kappa shape index (κ2) is 2.89. The zero-order valence-corrected chi connectivity index (χ0v) is 6.00. The molecule has 0 radical (unpaired) electrons. The molecule has 0 aliphatic carbocycles. The Labute approximate surface area is 64.3 Å². The molecule has 1 heterocycles. The highest BCUT2D eigenvalue weighted by atomic mass is 15.3. The van der Waals surface area contributed by atoms with Gasteiger partial charge in [0.1, 0.15) is 0 Å². The van der Waals surface area contributed by atoms with E-state index in [0.29, 0.717) is 5.96 Å². The first-order chi connectivity index (χ1) is 5.31. The summed E-state index contributed by atoms with van der Waals surface area (Å²) >= 11 is 0. The molecule has 1 saturated heterocycles. The average Bonchev–Trinajstić information content (AvgIpc) is 2.46. The number of guanidine groups is 1. The molecule has 0 amide bonds. The van der Waals surface area contributed by atoms with Gasteiger partial charge >= 0.3 is 0 Å². The molecule has 1 aliphatic heterocycles. The highest BCUT2D eigenvalue weighted by molar-refractivity contribution is 5.83. The topological polar surface area (TPSA) is 84.0 Å². The standard InChI is InChI=1S/C6H7N5/c1-9-6-10-4(2-7)5(3-8)11-6/h4-5H,1H3,(H2,9,10,11). The van der Waals surface area contributed by atoms with E-state index in [0.717, 1.165) is 0 Å². The quantitative estimate of drug-likeness (QED) is 0.460. The first-order valence-electron chi connectivity index (χ1n) is 3.11. The second-order valence-corrected chi connectivity index (χ2v) is 2.07. The van der Waals surface area contributed by atoms with Gasteiger partial charge in [0.15, 0.2) is 18.0 Å². The summed E-state index contributed by atoms with van der Waals surface area (Å²) in [5, 5.41) is 22.5. The van der Waals surface area contributed by atoms with Gasteiger partial charge < -0.3 is 10.6 Å². The Balaban J connectivity index is 2.74. The average molecular weight is 149 g/mol. The van der Waals surface area contributed by atoms with Crippen LogP contribution in [-0.4, -0.2) is 25.1 Å². The van der Waals surface area contributed by atoms with Crippen LogP contribution >= 0.6 is 0 Å². The maximum atomic E-state index is 8.52. The van der Waals surface area contributed by atoms with Gasteiger partial charge in [-0.15, -0.1) is 0 Å². The zero-order valence-electron chi connectivity index (χ0n) is 6.00. The number of hydrogen-bond donors (Lipinski definition) is 2. The van der Waals surface area contributed by atoms with E-state index in [2.05, 4.69) is 15.6 Å².